The molecule has 6 rings (SSSR count). The van der Waals surface area contributed by atoms with Gasteiger partial charge in [-0.15, -0.1) is 0 Å². The lowest BCUT2D eigenvalue weighted by molar-refractivity contribution is -0.165. The van der Waals surface area contributed by atoms with Crippen LogP contribution in [0.4, 0.5) is 24.7 Å². The fourth-order valence-electron chi connectivity index (χ4n) is 5.70. The zero-order valence-corrected chi connectivity index (χ0v) is 23.3. The van der Waals surface area contributed by atoms with Gasteiger partial charge in [0.2, 0.25) is 5.91 Å². The summed E-state index contributed by atoms with van der Waals surface area (Å²) in [5, 5.41) is 3.08. The normalized spacial score (nSPS) is 21.6. The Kier molecular flexibility index (Phi) is 8.19. The van der Waals surface area contributed by atoms with Crippen molar-refractivity contribution in [1.29, 1.82) is 0 Å². The molecule has 1 aromatic carbocycles. The number of carbonyl (C=O) groups excluding carboxylic acids is 1. The number of hydrogen-bond donors (Lipinski definition) is 1. The minimum Gasteiger partial charge on any atom is -0.461 e. The maximum atomic E-state index is 13.7. The number of fused-ring (bicyclic) bond motifs is 4. The van der Waals surface area contributed by atoms with Gasteiger partial charge in [0.15, 0.2) is 6.29 Å². The Morgan fingerprint density at radius 1 is 1.14 bits per heavy atom. The van der Waals surface area contributed by atoms with Crippen molar-refractivity contribution in [3.8, 4) is 17.3 Å². The van der Waals surface area contributed by atoms with Crippen LogP contribution in [0.3, 0.4) is 0 Å². The summed E-state index contributed by atoms with van der Waals surface area (Å²) < 4.78 is 57.0. The van der Waals surface area contributed by atoms with Crippen LogP contribution in [0.25, 0.3) is 11.3 Å². The third kappa shape index (κ3) is 6.16. The molecule has 3 aliphatic rings. The van der Waals surface area contributed by atoms with Gasteiger partial charge in [0.25, 0.3) is 0 Å². The minimum absolute atomic E-state index is 0.0303. The number of pyridine rings is 1. The number of aromatic nitrogens is 3. The molecule has 2 aromatic heterocycles. The molecule has 2 fully saturated rings. The molecule has 5 heterocycles. The number of nitrogens with zero attached hydrogens (tertiary/aromatic N) is 4. The molecule has 0 radical (unpaired) electrons. The van der Waals surface area contributed by atoms with Crippen molar-refractivity contribution < 1.29 is 32.2 Å². The Bertz CT molecular complexity index is 1450. The van der Waals surface area contributed by atoms with E-state index >= 15 is 0 Å². The number of halogens is 4. The average Bonchev–Trinajstić information content (AvgIpc) is 3.40. The van der Waals surface area contributed by atoms with Crippen LogP contribution in [-0.4, -0.2) is 60.1 Å². The van der Waals surface area contributed by atoms with Crippen LogP contribution >= 0.6 is 11.6 Å². The molecule has 1 N–H and O–H groups in total. The second-order valence-electron chi connectivity index (χ2n) is 10.5. The van der Waals surface area contributed by atoms with Crippen molar-refractivity contribution in [2.75, 3.05) is 43.1 Å². The summed E-state index contributed by atoms with van der Waals surface area (Å²) in [5.41, 5.74) is 0.801. The van der Waals surface area contributed by atoms with E-state index < -0.39 is 17.7 Å². The minimum atomic E-state index is -4.51. The molecular formula is C29H29ClF3N5O4. The van der Waals surface area contributed by atoms with E-state index in [1.807, 2.05) is 0 Å². The standard InChI is InChI=1S/C29H29ClF3N5O4/c30-20-15-21-26(37-25(20)17-4-3-5-19(14-17)29(31,32)33)24(18-8-10-38(21)16-18)27(39)35-22-7-9-34-28(36-22)42-13-12-41-23-6-1-2-11-40-23/h3-5,7,9,14-15,18,23-24H,1-2,6,8,10-13,16H2,(H,34,35,36,39)/t18-,23?,24?/m0/s1. The maximum absolute atomic E-state index is 13.7. The first-order chi connectivity index (χ1) is 20.3. The molecule has 1 amide bonds. The first-order valence-electron chi connectivity index (χ1n) is 13.9. The number of benzene rings is 1. The predicted octanol–water partition coefficient (Wildman–Crippen LogP) is 5.70. The Balaban J connectivity index is 1.19. The Morgan fingerprint density at radius 2 is 2.02 bits per heavy atom. The summed E-state index contributed by atoms with van der Waals surface area (Å²) >= 11 is 6.55. The van der Waals surface area contributed by atoms with E-state index in [2.05, 4.69) is 20.2 Å². The third-order valence-electron chi connectivity index (χ3n) is 7.70. The van der Waals surface area contributed by atoms with Crippen LogP contribution in [-0.2, 0) is 20.4 Å². The van der Waals surface area contributed by atoms with Crippen molar-refractivity contribution in [3.63, 3.8) is 0 Å². The smallest absolute Gasteiger partial charge is 0.416 e. The highest BCUT2D eigenvalue weighted by molar-refractivity contribution is 6.33. The van der Waals surface area contributed by atoms with Gasteiger partial charge in [-0.3, -0.25) is 4.79 Å². The van der Waals surface area contributed by atoms with Crippen LogP contribution < -0.4 is 15.0 Å². The summed E-state index contributed by atoms with van der Waals surface area (Å²) in [6, 6.07) is 8.20. The highest BCUT2D eigenvalue weighted by atomic mass is 35.5. The van der Waals surface area contributed by atoms with E-state index in [9.17, 15) is 18.0 Å². The second kappa shape index (κ2) is 12.0. The van der Waals surface area contributed by atoms with Gasteiger partial charge in [0.1, 0.15) is 12.4 Å². The quantitative estimate of drug-likeness (QED) is 0.328. The number of nitrogens with one attached hydrogen (secondary N) is 1. The predicted molar refractivity (Wildman–Crippen MR) is 148 cm³/mol. The van der Waals surface area contributed by atoms with E-state index in [0.717, 1.165) is 44.4 Å². The molecule has 0 aliphatic carbocycles. The molecule has 3 atom stereocenters. The number of anilines is 2. The number of hydrogen-bond acceptors (Lipinski definition) is 8. The van der Waals surface area contributed by atoms with Gasteiger partial charge in [0, 0.05) is 31.5 Å². The number of ether oxygens (including phenoxy) is 3. The fraction of sp³-hybridized carbons (Fsp3) is 0.448. The lowest BCUT2D eigenvalue weighted by Crippen LogP contribution is -2.36. The van der Waals surface area contributed by atoms with Gasteiger partial charge in [-0.05, 0) is 55.9 Å². The Morgan fingerprint density at radius 3 is 2.83 bits per heavy atom. The van der Waals surface area contributed by atoms with Crippen LogP contribution in [0.5, 0.6) is 6.01 Å². The first-order valence-corrected chi connectivity index (χ1v) is 14.3. The largest absolute Gasteiger partial charge is 0.461 e. The molecule has 2 saturated heterocycles. The summed E-state index contributed by atoms with van der Waals surface area (Å²) in [7, 11) is 0. The Labute approximate surface area is 245 Å². The summed E-state index contributed by atoms with van der Waals surface area (Å²) in [6.45, 7) is 2.59. The molecule has 2 bridgehead atoms. The fourth-order valence-corrected chi connectivity index (χ4v) is 5.95. The van der Waals surface area contributed by atoms with Gasteiger partial charge in [0.05, 0.1) is 40.2 Å². The van der Waals surface area contributed by atoms with Crippen molar-refractivity contribution in [1.82, 2.24) is 15.0 Å². The van der Waals surface area contributed by atoms with Crippen LogP contribution in [0, 0.1) is 5.92 Å². The number of rotatable bonds is 8. The van der Waals surface area contributed by atoms with Gasteiger partial charge in [-0.2, -0.15) is 18.2 Å². The maximum Gasteiger partial charge on any atom is 0.416 e. The van der Waals surface area contributed by atoms with E-state index in [-0.39, 0.29) is 52.8 Å². The van der Waals surface area contributed by atoms with Crippen LogP contribution in [0.1, 0.15) is 42.9 Å². The zero-order chi connectivity index (χ0) is 29.3. The summed E-state index contributed by atoms with van der Waals surface area (Å²) in [4.78, 5) is 28.9. The van der Waals surface area contributed by atoms with Crippen molar-refractivity contribution >= 4 is 29.0 Å². The van der Waals surface area contributed by atoms with Crippen molar-refractivity contribution in [2.45, 2.75) is 44.1 Å². The van der Waals surface area contributed by atoms with Crippen LogP contribution in [0.2, 0.25) is 5.02 Å². The van der Waals surface area contributed by atoms with E-state index in [4.69, 9.17) is 30.8 Å². The molecule has 3 aromatic rings. The summed E-state index contributed by atoms with van der Waals surface area (Å²) in [5.74, 6) is -0.744. The highest BCUT2D eigenvalue weighted by Crippen LogP contribution is 2.46. The molecule has 13 heteroatoms. The molecule has 9 nitrogen and oxygen atoms in total. The third-order valence-corrected chi connectivity index (χ3v) is 7.99. The van der Waals surface area contributed by atoms with Crippen LogP contribution in [0.15, 0.2) is 42.6 Å². The van der Waals surface area contributed by atoms with E-state index in [1.165, 1.54) is 18.3 Å². The molecule has 222 valence electrons. The molecule has 3 aliphatic heterocycles. The van der Waals surface area contributed by atoms with Gasteiger partial charge >= 0.3 is 12.2 Å². The number of amides is 1. The molecular weight excluding hydrogens is 575 g/mol. The lowest BCUT2D eigenvalue weighted by Gasteiger charge is -2.32. The highest BCUT2D eigenvalue weighted by Gasteiger charge is 2.43. The van der Waals surface area contributed by atoms with Crippen molar-refractivity contribution in [3.05, 3.63) is 58.9 Å². The van der Waals surface area contributed by atoms with Gasteiger partial charge in [-0.1, -0.05) is 23.7 Å². The van der Waals surface area contributed by atoms with Crippen molar-refractivity contribution in [2.24, 2.45) is 5.92 Å². The summed E-state index contributed by atoms with van der Waals surface area (Å²) in [6.07, 6.45) is 0.457. The van der Waals surface area contributed by atoms with Gasteiger partial charge < -0.3 is 24.4 Å². The second-order valence-corrected chi connectivity index (χ2v) is 10.9. The average molecular weight is 604 g/mol. The number of carbonyl (C=O) groups is 1. The SMILES string of the molecule is O=C(Nc1ccnc(OCCOC2CCCCO2)n1)C1c2nc(-c3cccc(C(F)(F)F)c3)c(Cl)cc2N2CC[C@H]1C2. The molecule has 2 unspecified atom stereocenters. The lowest BCUT2D eigenvalue weighted by atomic mass is 9.84. The Hall–Kier alpha value is -3.48. The zero-order valence-electron chi connectivity index (χ0n) is 22.6. The molecule has 42 heavy (non-hydrogen) atoms. The monoisotopic (exact) mass is 603 g/mol. The topological polar surface area (TPSA) is 98.7 Å². The molecule has 0 saturated carbocycles. The van der Waals surface area contributed by atoms with Gasteiger partial charge in [-0.25, -0.2) is 9.97 Å². The number of alkyl halides is 3. The molecule has 0 spiro atoms. The van der Waals surface area contributed by atoms with E-state index in [0.29, 0.717) is 31.1 Å². The first kappa shape index (κ1) is 28.6. The van der Waals surface area contributed by atoms with E-state index in [1.54, 1.807) is 12.1 Å².